The predicted octanol–water partition coefficient (Wildman–Crippen LogP) is 3.05. The second kappa shape index (κ2) is 10.2. The monoisotopic (exact) mass is 375 g/mol. The number of carbonyl (C=O) groups excluding carboxylic acids is 1. The number of halogens is 1. The first-order valence-electron chi connectivity index (χ1n) is 8.78. The maximum absolute atomic E-state index is 12.7. The molecular formula is C20H26ClN3O2. The Labute approximate surface area is 160 Å². The summed E-state index contributed by atoms with van der Waals surface area (Å²) < 4.78 is 5.45. The lowest BCUT2D eigenvalue weighted by molar-refractivity contribution is -0.120. The standard InChI is InChI=1S/C20H25N3O2.ClH/c21-12-14-25-18-10-8-17(9-11-18)22-20(24)19-7-4-13-23(19)15-16-5-2-1-3-6-16;/h1-3,5-6,8-11,19H,4,7,12-15,21H2,(H,22,24);1H. The van der Waals surface area contributed by atoms with Gasteiger partial charge in [0.25, 0.3) is 0 Å². The normalized spacial score (nSPS) is 16.7. The van der Waals surface area contributed by atoms with Crippen LogP contribution in [0.1, 0.15) is 18.4 Å². The van der Waals surface area contributed by atoms with Crippen LogP contribution in [0.25, 0.3) is 0 Å². The fraction of sp³-hybridized carbons (Fsp3) is 0.350. The van der Waals surface area contributed by atoms with E-state index in [2.05, 4.69) is 22.3 Å². The molecule has 3 rings (SSSR count). The third kappa shape index (κ3) is 5.46. The molecule has 0 bridgehead atoms. The van der Waals surface area contributed by atoms with Crippen LogP contribution in [0, 0.1) is 0 Å². The number of ether oxygens (including phenoxy) is 1. The van der Waals surface area contributed by atoms with Crippen molar-refractivity contribution in [3.63, 3.8) is 0 Å². The van der Waals surface area contributed by atoms with E-state index in [9.17, 15) is 4.79 Å². The molecule has 0 aromatic heterocycles. The molecular weight excluding hydrogens is 350 g/mol. The Balaban J connectivity index is 0.00000243. The van der Waals surface area contributed by atoms with Crippen molar-refractivity contribution in [2.45, 2.75) is 25.4 Å². The van der Waals surface area contributed by atoms with Gasteiger partial charge in [0.15, 0.2) is 0 Å². The van der Waals surface area contributed by atoms with E-state index in [0.29, 0.717) is 13.2 Å². The molecule has 26 heavy (non-hydrogen) atoms. The maximum Gasteiger partial charge on any atom is 0.241 e. The van der Waals surface area contributed by atoms with Gasteiger partial charge in [-0.2, -0.15) is 0 Å². The van der Waals surface area contributed by atoms with E-state index in [4.69, 9.17) is 10.5 Å². The van der Waals surface area contributed by atoms with E-state index in [1.54, 1.807) is 0 Å². The molecule has 2 aromatic rings. The first-order chi connectivity index (χ1) is 12.3. The molecule has 0 radical (unpaired) electrons. The Hall–Kier alpha value is -2.08. The molecule has 2 aromatic carbocycles. The van der Waals surface area contributed by atoms with Crippen molar-refractivity contribution in [1.29, 1.82) is 0 Å². The van der Waals surface area contributed by atoms with Crippen LogP contribution in [0.4, 0.5) is 5.69 Å². The summed E-state index contributed by atoms with van der Waals surface area (Å²) >= 11 is 0. The quantitative estimate of drug-likeness (QED) is 0.780. The number of anilines is 1. The summed E-state index contributed by atoms with van der Waals surface area (Å²) in [4.78, 5) is 14.9. The van der Waals surface area contributed by atoms with E-state index < -0.39 is 0 Å². The molecule has 1 aliphatic heterocycles. The van der Waals surface area contributed by atoms with Gasteiger partial charge < -0.3 is 15.8 Å². The number of amides is 1. The Morgan fingerprint density at radius 1 is 1.15 bits per heavy atom. The molecule has 0 saturated carbocycles. The SMILES string of the molecule is Cl.NCCOc1ccc(NC(=O)C2CCCN2Cc2ccccc2)cc1. The van der Waals surface area contributed by atoms with Gasteiger partial charge in [0.2, 0.25) is 5.91 Å². The largest absolute Gasteiger partial charge is 0.492 e. The van der Waals surface area contributed by atoms with Crippen LogP contribution in [0.3, 0.4) is 0 Å². The summed E-state index contributed by atoms with van der Waals surface area (Å²) in [7, 11) is 0. The van der Waals surface area contributed by atoms with Crippen molar-refractivity contribution in [1.82, 2.24) is 4.90 Å². The number of nitrogens with zero attached hydrogens (tertiary/aromatic N) is 1. The van der Waals surface area contributed by atoms with Gasteiger partial charge >= 0.3 is 0 Å². The van der Waals surface area contributed by atoms with Crippen LogP contribution in [-0.2, 0) is 11.3 Å². The van der Waals surface area contributed by atoms with Crippen LogP contribution in [0.5, 0.6) is 5.75 Å². The minimum Gasteiger partial charge on any atom is -0.492 e. The lowest BCUT2D eigenvalue weighted by Crippen LogP contribution is -2.39. The van der Waals surface area contributed by atoms with Crippen LogP contribution in [0.15, 0.2) is 54.6 Å². The average Bonchev–Trinajstić information content (AvgIpc) is 3.10. The number of hydrogen-bond acceptors (Lipinski definition) is 4. The highest BCUT2D eigenvalue weighted by Gasteiger charge is 2.30. The van der Waals surface area contributed by atoms with Crippen molar-refractivity contribution in [3.8, 4) is 5.75 Å². The van der Waals surface area contributed by atoms with Gasteiger partial charge in [0.1, 0.15) is 12.4 Å². The molecule has 1 amide bonds. The highest BCUT2D eigenvalue weighted by Crippen LogP contribution is 2.22. The first kappa shape index (κ1) is 20.2. The molecule has 0 aliphatic carbocycles. The highest BCUT2D eigenvalue weighted by atomic mass is 35.5. The van der Waals surface area contributed by atoms with E-state index in [1.807, 2.05) is 42.5 Å². The molecule has 1 saturated heterocycles. The van der Waals surface area contributed by atoms with Gasteiger partial charge in [0.05, 0.1) is 6.04 Å². The van der Waals surface area contributed by atoms with Crippen LogP contribution in [-0.4, -0.2) is 36.5 Å². The predicted molar refractivity (Wildman–Crippen MR) is 107 cm³/mol. The fourth-order valence-electron chi connectivity index (χ4n) is 3.17. The van der Waals surface area contributed by atoms with Crippen LogP contribution >= 0.6 is 12.4 Å². The van der Waals surface area contributed by atoms with Crippen molar-refractivity contribution >= 4 is 24.0 Å². The number of hydrogen-bond donors (Lipinski definition) is 2. The van der Waals surface area contributed by atoms with Crippen molar-refractivity contribution in [3.05, 3.63) is 60.2 Å². The summed E-state index contributed by atoms with van der Waals surface area (Å²) in [6.07, 6.45) is 1.95. The van der Waals surface area contributed by atoms with Gasteiger partial charge in [-0.15, -0.1) is 12.4 Å². The molecule has 1 heterocycles. The number of nitrogens with one attached hydrogen (secondary N) is 1. The summed E-state index contributed by atoms with van der Waals surface area (Å²) in [5.41, 5.74) is 7.45. The zero-order chi connectivity index (χ0) is 17.5. The number of rotatable bonds is 7. The molecule has 0 spiro atoms. The van der Waals surface area contributed by atoms with E-state index in [-0.39, 0.29) is 24.4 Å². The van der Waals surface area contributed by atoms with E-state index in [1.165, 1.54) is 5.56 Å². The molecule has 1 unspecified atom stereocenters. The van der Waals surface area contributed by atoms with Crippen molar-refractivity contribution in [2.75, 3.05) is 25.0 Å². The smallest absolute Gasteiger partial charge is 0.241 e. The number of likely N-dealkylation sites (tertiary alicyclic amines) is 1. The average molecular weight is 376 g/mol. The number of carbonyl (C=O) groups is 1. The minimum absolute atomic E-state index is 0. The Bertz CT molecular complexity index is 679. The Morgan fingerprint density at radius 3 is 2.58 bits per heavy atom. The van der Waals surface area contributed by atoms with Gasteiger partial charge in [-0.25, -0.2) is 0 Å². The third-order valence-electron chi connectivity index (χ3n) is 4.40. The van der Waals surface area contributed by atoms with Crippen molar-refractivity contribution < 1.29 is 9.53 Å². The second-order valence-electron chi connectivity index (χ2n) is 6.26. The van der Waals surface area contributed by atoms with Gasteiger partial charge in [-0.1, -0.05) is 30.3 Å². The number of nitrogens with two attached hydrogens (primary N) is 1. The third-order valence-corrected chi connectivity index (χ3v) is 4.40. The molecule has 5 nitrogen and oxygen atoms in total. The van der Waals surface area contributed by atoms with Gasteiger partial charge in [0, 0.05) is 18.8 Å². The van der Waals surface area contributed by atoms with Crippen molar-refractivity contribution in [2.24, 2.45) is 5.73 Å². The Morgan fingerprint density at radius 2 is 1.88 bits per heavy atom. The molecule has 6 heteroatoms. The minimum atomic E-state index is -0.0756. The van der Waals surface area contributed by atoms with E-state index in [0.717, 1.165) is 37.4 Å². The zero-order valence-corrected chi connectivity index (χ0v) is 15.6. The maximum atomic E-state index is 12.7. The topological polar surface area (TPSA) is 67.6 Å². The van der Waals surface area contributed by atoms with Crippen LogP contribution < -0.4 is 15.8 Å². The molecule has 1 aliphatic rings. The van der Waals surface area contributed by atoms with E-state index >= 15 is 0 Å². The zero-order valence-electron chi connectivity index (χ0n) is 14.8. The summed E-state index contributed by atoms with van der Waals surface area (Å²) in [5, 5.41) is 3.02. The van der Waals surface area contributed by atoms with Crippen LogP contribution in [0.2, 0.25) is 0 Å². The molecule has 3 N–H and O–H groups in total. The lowest BCUT2D eigenvalue weighted by atomic mass is 10.1. The lowest BCUT2D eigenvalue weighted by Gasteiger charge is -2.23. The molecule has 1 atom stereocenters. The highest BCUT2D eigenvalue weighted by molar-refractivity contribution is 5.95. The van der Waals surface area contributed by atoms with Gasteiger partial charge in [-0.3, -0.25) is 9.69 Å². The van der Waals surface area contributed by atoms with Gasteiger partial charge in [-0.05, 0) is 49.2 Å². The number of benzene rings is 2. The molecule has 140 valence electrons. The first-order valence-corrected chi connectivity index (χ1v) is 8.78. The second-order valence-corrected chi connectivity index (χ2v) is 6.26. The molecule has 1 fully saturated rings. The summed E-state index contributed by atoms with van der Waals surface area (Å²) in [6, 6.07) is 17.6. The fourth-order valence-corrected chi connectivity index (χ4v) is 3.17. The summed E-state index contributed by atoms with van der Waals surface area (Å²) in [6.45, 7) is 2.74. The Kier molecular flexibility index (Phi) is 7.91. The summed E-state index contributed by atoms with van der Waals surface area (Å²) in [5.74, 6) is 0.819.